The number of esters is 1. The molecule has 0 saturated carbocycles. The average molecular weight is 537 g/mol. The molecule has 2 heterocycles. The van der Waals surface area contributed by atoms with Gasteiger partial charge in [-0.2, -0.15) is 0 Å². The van der Waals surface area contributed by atoms with Crippen molar-refractivity contribution in [2.24, 2.45) is 0 Å². The second kappa shape index (κ2) is 9.75. The number of H-pyrrole nitrogens is 1. The van der Waals surface area contributed by atoms with E-state index in [2.05, 4.69) is 11.1 Å². The predicted octanol–water partition coefficient (Wildman–Crippen LogP) is 6.46. The Labute approximate surface area is 227 Å². The lowest BCUT2D eigenvalue weighted by atomic mass is 9.83. The van der Waals surface area contributed by atoms with Gasteiger partial charge in [0.1, 0.15) is 5.82 Å². The third-order valence-electron chi connectivity index (χ3n) is 7.28. The zero-order valence-corrected chi connectivity index (χ0v) is 22.5. The average Bonchev–Trinajstić information content (AvgIpc) is 3.22. The number of aromatic nitrogens is 1. The molecule has 1 unspecified atom stereocenters. The lowest BCUT2D eigenvalue weighted by Crippen LogP contribution is -2.31. The molecule has 1 N–H and O–H groups in total. The molecule has 6 nitrogen and oxygen atoms in total. The second-order valence-electron chi connectivity index (χ2n) is 9.70. The summed E-state index contributed by atoms with van der Waals surface area (Å²) in [5.41, 5.74) is 3.79. The van der Waals surface area contributed by atoms with Crippen LogP contribution in [0.2, 0.25) is 0 Å². The van der Waals surface area contributed by atoms with E-state index in [1.165, 1.54) is 4.31 Å². The standard InChI is InChI=1S/C32H28N2O4S/c1-3-38-32(35)27-18-19-34(39(36,37)25-16-12-21(2)13-17-25)31-30(26-10-6-7-11-28(26)33-31)29(27)24-15-14-22-8-4-5-9-23(22)20-24/h4-18,20,29,33H,3,19H2,1-2H3. The summed E-state index contributed by atoms with van der Waals surface area (Å²) in [5.74, 6) is -0.551. The molecule has 196 valence electrons. The Morgan fingerprint density at radius 1 is 0.949 bits per heavy atom. The number of ether oxygens (including phenoxy) is 1. The Morgan fingerprint density at radius 2 is 1.67 bits per heavy atom. The molecule has 5 aromatic rings. The first kappa shape index (κ1) is 24.9. The quantitative estimate of drug-likeness (QED) is 0.262. The molecule has 1 aliphatic rings. The van der Waals surface area contributed by atoms with E-state index in [0.717, 1.165) is 38.4 Å². The number of rotatable bonds is 5. The Balaban J connectivity index is 1.64. The van der Waals surface area contributed by atoms with Crippen molar-refractivity contribution in [2.45, 2.75) is 24.7 Å². The molecule has 1 aromatic heterocycles. The number of benzene rings is 4. The van der Waals surface area contributed by atoms with Gasteiger partial charge in [0, 0.05) is 28.0 Å². The van der Waals surface area contributed by atoms with Crippen LogP contribution in [-0.2, 0) is 19.6 Å². The maximum atomic E-state index is 14.1. The van der Waals surface area contributed by atoms with Crippen LogP contribution in [0.25, 0.3) is 21.7 Å². The van der Waals surface area contributed by atoms with Crippen LogP contribution in [-0.4, -0.2) is 32.5 Å². The predicted molar refractivity (Wildman–Crippen MR) is 155 cm³/mol. The normalized spacial score (nSPS) is 15.6. The van der Waals surface area contributed by atoms with Crippen molar-refractivity contribution in [1.29, 1.82) is 0 Å². The van der Waals surface area contributed by atoms with Gasteiger partial charge in [0.15, 0.2) is 0 Å². The lowest BCUT2D eigenvalue weighted by Gasteiger charge is -2.24. The van der Waals surface area contributed by atoms with Crippen LogP contribution in [0.4, 0.5) is 5.82 Å². The molecule has 1 aliphatic heterocycles. The minimum Gasteiger partial charge on any atom is -0.463 e. The highest BCUT2D eigenvalue weighted by Gasteiger charge is 2.38. The fourth-order valence-electron chi connectivity index (χ4n) is 5.39. The molecule has 0 radical (unpaired) electrons. The fourth-order valence-corrected chi connectivity index (χ4v) is 6.78. The zero-order chi connectivity index (χ0) is 27.1. The molecule has 39 heavy (non-hydrogen) atoms. The van der Waals surface area contributed by atoms with Gasteiger partial charge in [0.05, 0.1) is 18.0 Å². The van der Waals surface area contributed by atoms with E-state index in [4.69, 9.17) is 4.74 Å². The molecule has 0 amide bonds. The van der Waals surface area contributed by atoms with Gasteiger partial charge in [-0.05, 0) is 48.4 Å². The third kappa shape index (κ3) is 4.29. The molecule has 7 heteroatoms. The van der Waals surface area contributed by atoms with Crippen LogP contribution in [0.3, 0.4) is 0 Å². The summed E-state index contributed by atoms with van der Waals surface area (Å²) in [6.07, 6.45) is 1.70. The number of aromatic amines is 1. The highest BCUT2D eigenvalue weighted by molar-refractivity contribution is 7.92. The minimum absolute atomic E-state index is 0.0196. The van der Waals surface area contributed by atoms with Gasteiger partial charge in [0.25, 0.3) is 10.0 Å². The van der Waals surface area contributed by atoms with Gasteiger partial charge in [-0.15, -0.1) is 0 Å². The number of nitrogens with one attached hydrogen (secondary N) is 1. The number of aryl methyl sites for hydroxylation is 1. The summed E-state index contributed by atoms with van der Waals surface area (Å²) in [6, 6.07) is 28.7. The Hall–Kier alpha value is -4.36. The lowest BCUT2D eigenvalue weighted by molar-refractivity contribution is -0.138. The number of nitrogens with zero attached hydrogens (tertiary/aromatic N) is 1. The molecular weight excluding hydrogens is 508 g/mol. The molecule has 0 fully saturated rings. The van der Waals surface area contributed by atoms with Gasteiger partial charge in [-0.25, -0.2) is 17.5 Å². The van der Waals surface area contributed by atoms with Crippen LogP contribution in [0.1, 0.15) is 29.5 Å². The summed E-state index contributed by atoms with van der Waals surface area (Å²) in [4.78, 5) is 17.0. The number of carbonyl (C=O) groups excluding carboxylic acids is 1. The van der Waals surface area contributed by atoms with Crippen LogP contribution in [0.15, 0.2) is 108 Å². The first-order valence-corrected chi connectivity index (χ1v) is 14.4. The summed E-state index contributed by atoms with van der Waals surface area (Å²) in [7, 11) is -3.96. The minimum atomic E-state index is -3.96. The van der Waals surface area contributed by atoms with Crippen molar-refractivity contribution in [3.05, 3.63) is 119 Å². The Bertz CT molecular complexity index is 1850. The number of sulfonamides is 1. The number of anilines is 1. The van der Waals surface area contributed by atoms with E-state index in [9.17, 15) is 13.2 Å². The van der Waals surface area contributed by atoms with E-state index >= 15 is 0 Å². The first-order chi connectivity index (χ1) is 18.9. The topological polar surface area (TPSA) is 79.5 Å². The SMILES string of the molecule is CCOC(=O)C1=CCN(S(=O)(=O)c2ccc(C)cc2)c2[nH]c3ccccc3c2C1c1ccc2ccccc2c1. The van der Waals surface area contributed by atoms with Crippen LogP contribution in [0, 0.1) is 6.92 Å². The van der Waals surface area contributed by atoms with E-state index in [-0.39, 0.29) is 18.0 Å². The maximum absolute atomic E-state index is 14.1. The van der Waals surface area contributed by atoms with Crippen LogP contribution < -0.4 is 4.31 Å². The van der Waals surface area contributed by atoms with Crippen molar-refractivity contribution in [1.82, 2.24) is 4.98 Å². The van der Waals surface area contributed by atoms with Gasteiger partial charge < -0.3 is 9.72 Å². The molecular formula is C32H28N2O4S. The first-order valence-electron chi connectivity index (χ1n) is 12.9. The van der Waals surface area contributed by atoms with Crippen molar-refractivity contribution in [3.63, 3.8) is 0 Å². The fraction of sp³-hybridized carbons (Fsp3) is 0.156. The monoisotopic (exact) mass is 536 g/mol. The highest BCUT2D eigenvalue weighted by atomic mass is 32.2. The van der Waals surface area contributed by atoms with E-state index in [1.807, 2.05) is 67.6 Å². The number of hydrogen-bond acceptors (Lipinski definition) is 4. The maximum Gasteiger partial charge on any atom is 0.334 e. The summed E-state index contributed by atoms with van der Waals surface area (Å²) < 4.78 is 35.0. The Kier molecular flexibility index (Phi) is 6.23. The molecule has 6 rings (SSSR count). The second-order valence-corrected chi connectivity index (χ2v) is 11.6. The number of hydrogen-bond donors (Lipinski definition) is 1. The highest BCUT2D eigenvalue weighted by Crippen LogP contribution is 2.46. The van der Waals surface area contributed by atoms with E-state index in [1.54, 1.807) is 37.3 Å². The molecule has 4 aromatic carbocycles. The molecule has 0 bridgehead atoms. The summed E-state index contributed by atoms with van der Waals surface area (Å²) in [6.45, 7) is 3.88. The van der Waals surface area contributed by atoms with Gasteiger partial charge in [0.2, 0.25) is 0 Å². The zero-order valence-electron chi connectivity index (χ0n) is 21.7. The van der Waals surface area contributed by atoms with Gasteiger partial charge in [-0.3, -0.25) is 0 Å². The number of carbonyl (C=O) groups is 1. The van der Waals surface area contributed by atoms with Crippen molar-refractivity contribution < 1.29 is 17.9 Å². The van der Waals surface area contributed by atoms with Crippen molar-refractivity contribution in [3.8, 4) is 0 Å². The number of para-hydroxylation sites is 1. The molecule has 0 saturated heterocycles. The van der Waals surface area contributed by atoms with Crippen molar-refractivity contribution in [2.75, 3.05) is 17.5 Å². The van der Waals surface area contributed by atoms with Crippen LogP contribution in [0.5, 0.6) is 0 Å². The largest absolute Gasteiger partial charge is 0.463 e. The summed E-state index contributed by atoms with van der Waals surface area (Å²) >= 11 is 0. The van der Waals surface area contributed by atoms with E-state index < -0.39 is 21.9 Å². The van der Waals surface area contributed by atoms with E-state index in [0.29, 0.717) is 11.4 Å². The molecule has 1 atom stereocenters. The Morgan fingerprint density at radius 3 is 2.44 bits per heavy atom. The van der Waals surface area contributed by atoms with Gasteiger partial charge >= 0.3 is 5.97 Å². The third-order valence-corrected chi connectivity index (χ3v) is 9.06. The smallest absolute Gasteiger partial charge is 0.334 e. The summed E-state index contributed by atoms with van der Waals surface area (Å²) in [5, 5.41) is 2.97. The van der Waals surface area contributed by atoms with Crippen molar-refractivity contribution >= 4 is 43.5 Å². The molecule has 0 aliphatic carbocycles. The van der Waals surface area contributed by atoms with Crippen LogP contribution >= 0.6 is 0 Å². The van der Waals surface area contributed by atoms with Gasteiger partial charge in [-0.1, -0.05) is 84.4 Å². The molecule has 0 spiro atoms. The number of fused-ring (bicyclic) bond motifs is 4.